The van der Waals surface area contributed by atoms with Gasteiger partial charge in [-0.2, -0.15) is 0 Å². The predicted molar refractivity (Wildman–Crippen MR) is 101 cm³/mol. The lowest BCUT2D eigenvalue weighted by atomic mass is 9.73. The summed E-state index contributed by atoms with van der Waals surface area (Å²) < 4.78 is 11.7. The molecule has 0 amide bonds. The fourth-order valence-electron chi connectivity index (χ4n) is 4.77. The molecule has 3 nitrogen and oxygen atoms in total. The van der Waals surface area contributed by atoms with Crippen LogP contribution in [0.3, 0.4) is 0 Å². The third kappa shape index (κ3) is 3.13. The van der Waals surface area contributed by atoms with Crippen molar-refractivity contribution in [3.8, 4) is 0 Å². The number of benzene rings is 1. The van der Waals surface area contributed by atoms with Crippen molar-refractivity contribution in [3.05, 3.63) is 36.1 Å². The summed E-state index contributed by atoms with van der Waals surface area (Å²) in [6.45, 7) is 4.34. The van der Waals surface area contributed by atoms with Crippen LogP contribution in [0.25, 0.3) is 11.0 Å². The lowest BCUT2D eigenvalue weighted by molar-refractivity contribution is -0.102. The van der Waals surface area contributed by atoms with Gasteiger partial charge in [0.1, 0.15) is 5.58 Å². The van der Waals surface area contributed by atoms with E-state index in [0.717, 1.165) is 35.8 Å². The molecular weight excluding hydrogens is 334 g/mol. The molecule has 25 heavy (non-hydrogen) atoms. The molecule has 133 valence electrons. The van der Waals surface area contributed by atoms with Crippen LogP contribution in [-0.4, -0.2) is 29.6 Å². The SMILES string of the molecule is C[C@H]1CC2C[C@H]1C[C@@H](O)[C@@]2(C)O[B][C@H](Cl)Cc1coc2ccccc12. The summed E-state index contributed by atoms with van der Waals surface area (Å²) >= 11 is 6.53. The minimum atomic E-state index is -0.521. The van der Waals surface area contributed by atoms with E-state index < -0.39 is 11.7 Å². The van der Waals surface area contributed by atoms with E-state index in [1.54, 1.807) is 13.7 Å². The number of fused-ring (bicyclic) bond motifs is 3. The number of rotatable bonds is 5. The predicted octanol–water partition coefficient (Wildman–Crippen LogP) is 4.36. The fraction of sp³-hybridized carbons (Fsp3) is 0.600. The molecule has 0 spiro atoms. The molecule has 2 bridgehead atoms. The van der Waals surface area contributed by atoms with Gasteiger partial charge in [0.05, 0.1) is 18.0 Å². The molecule has 2 fully saturated rings. The molecule has 1 unspecified atom stereocenters. The Labute approximate surface area is 155 Å². The number of furan rings is 1. The third-order valence-corrected chi connectivity index (χ3v) is 6.75. The van der Waals surface area contributed by atoms with Crippen LogP contribution in [0.1, 0.15) is 38.7 Å². The topological polar surface area (TPSA) is 42.6 Å². The number of para-hydroxylation sites is 1. The van der Waals surface area contributed by atoms with Crippen molar-refractivity contribution in [1.29, 1.82) is 0 Å². The Balaban J connectivity index is 1.40. The molecule has 1 aromatic heterocycles. The maximum Gasteiger partial charge on any atom is 0.312 e. The fourth-order valence-corrected chi connectivity index (χ4v) is 4.99. The molecule has 5 heteroatoms. The van der Waals surface area contributed by atoms with Gasteiger partial charge in [0.25, 0.3) is 0 Å². The van der Waals surface area contributed by atoms with E-state index in [-0.39, 0.29) is 5.28 Å². The van der Waals surface area contributed by atoms with Gasteiger partial charge in [0, 0.05) is 10.7 Å². The molecular formula is C20H25BClO3. The molecule has 0 saturated heterocycles. The van der Waals surface area contributed by atoms with E-state index in [2.05, 4.69) is 6.92 Å². The van der Waals surface area contributed by atoms with Crippen LogP contribution in [0.4, 0.5) is 0 Å². The normalized spacial score (nSPS) is 35.8. The average Bonchev–Trinajstić information content (AvgIpc) is 3.15. The van der Waals surface area contributed by atoms with Gasteiger partial charge in [-0.15, -0.1) is 11.6 Å². The van der Waals surface area contributed by atoms with Crippen molar-refractivity contribution in [3.63, 3.8) is 0 Å². The van der Waals surface area contributed by atoms with E-state index >= 15 is 0 Å². The summed E-state index contributed by atoms with van der Waals surface area (Å²) in [6, 6.07) is 7.97. The van der Waals surface area contributed by atoms with Gasteiger partial charge in [-0.1, -0.05) is 25.1 Å². The summed E-state index contributed by atoms with van der Waals surface area (Å²) in [5.41, 5.74) is 1.44. The van der Waals surface area contributed by atoms with Gasteiger partial charge in [-0.3, -0.25) is 0 Å². The summed E-state index contributed by atoms with van der Waals surface area (Å²) in [7, 11) is 1.72. The molecule has 2 saturated carbocycles. The second kappa shape index (κ2) is 6.64. The first-order chi connectivity index (χ1) is 12.0. The van der Waals surface area contributed by atoms with Crippen LogP contribution in [-0.2, 0) is 11.1 Å². The molecule has 6 atom stereocenters. The van der Waals surface area contributed by atoms with Gasteiger partial charge in [-0.05, 0) is 62.0 Å². The molecule has 2 aliphatic carbocycles. The van der Waals surface area contributed by atoms with Gasteiger partial charge in [0.2, 0.25) is 0 Å². The van der Waals surface area contributed by atoms with E-state index in [1.165, 1.54) is 0 Å². The van der Waals surface area contributed by atoms with E-state index in [0.29, 0.717) is 24.2 Å². The number of aliphatic hydroxyl groups is 1. The van der Waals surface area contributed by atoms with Gasteiger partial charge in [-0.25, -0.2) is 0 Å². The van der Waals surface area contributed by atoms with Crippen molar-refractivity contribution in [2.45, 2.75) is 56.5 Å². The summed E-state index contributed by atoms with van der Waals surface area (Å²) in [5.74, 6) is 1.72. The Morgan fingerprint density at radius 1 is 1.36 bits per heavy atom. The zero-order valence-corrected chi connectivity index (χ0v) is 15.6. The average molecular weight is 360 g/mol. The molecule has 1 radical (unpaired) electrons. The van der Waals surface area contributed by atoms with Crippen LogP contribution in [0.15, 0.2) is 34.9 Å². The maximum atomic E-state index is 10.6. The minimum absolute atomic E-state index is 0.262. The molecule has 0 aliphatic heterocycles. The number of hydrogen-bond donors (Lipinski definition) is 1. The van der Waals surface area contributed by atoms with Crippen molar-refractivity contribution in [2.24, 2.45) is 17.8 Å². The molecule has 2 aromatic rings. The lowest BCUT2D eigenvalue weighted by Gasteiger charge is -2.44. The highest BCUT2D eigenvalue weighted by Crippen LogP contribution is 2.51. The molecule has 1 aromatic carbocycles. The highest BCUT2D eigenvalue weighted by molar-refractivity contribution is 6.49. The summed E-state index contributed by atoms with van der Waals surface area (Å²) in [4.78, 5) is 0. The largest absolute Gasteiger partial charge is 0.464 e. The van der Waals surface area contributed by atoms with Crippen molar-refractivity contribution < 1.29 is 14.2 Å². The van der Waals surface area contributed by atoms with E-state index in [4.69, 9.17) is 20.7 Å². The maximum absolute atomic E-state index is 10.6. The first-order valence-electron chi connectivity index (χ1n) is 9.25. The Bertz CT molecular complexity index is 745. The zero-order chi connectivity index (χ0) is 17.6. The highest BCUT2D eigenvalue weighted by Gasteiger charge is 2.52. The van der Waals surface area contributed by atoms with Crippen LogP contribution >= 0.6 is 11.6 Å². The Morgan fingerprint density at radius 2 is 2.16 bits per heavy atom. The first kappa shape index (κ1) is 17.4. The monoisotopic (exact) mass is 359 g/mol. The first-order valence-corrected chi connectivity index (χ1v) is 9.69. The van der Waals surface area contributed by atoms with Gasteiger partial charge in [0.15, 0.2) is 0 Å². The van der Waals surface area contributed by atoms with Crippen LogP contribution in [0.2, 0.25) is 0 Å². The second-order valence-electron chi connectivity index (χ2n) is 8.07. The Hall–Kier alpha value is -0.965. The van der Waals surface area contributed by atoms with Crippen molar-refractivity contribution in [1.82, 2.24) is 0 Å². The minimum Gasteiger partial charge on any atom is -0.464 e. The Morgan fingerprint density at radius 3 is 3.00 bits per heavy atom. The number of hydrogen-bond acceptors (Lipinski definition) is 3. The zero-order valence-electron chi connectivity index (χ0n) is 14.8. The van der Waals surface area contributed by atoms with Gasteiger partial charge < -0.3 is 14.2 Å². The van der Waals surface area contributed by atoms with Crippen LogP contribution in [0.5, 0.6) is 0 Å². The highest BCUT2D eigenvalue weighted by atomic mass is 35.5. The van der Waals surface area contributed by atoms with Crippen LogP contribution < -0.4 is 0 Å². The summed E-state index contributed by atoms with van der Waals surface area (Å²) in [5, 5.41) is 11.5. The van der Waals surface area contributed by atoms with Crippen LogP contribution in [0, 0.1) is 17.8 Å². The molecule has 1 heterocycles. The van der Waals surface area contributed by atoms with E-state index in [9.17, 15) is 5.11 Å². The number of alkyl halides is 1. The number of aliphatic hydroxyl groups excluding tert-OH is 1. The lowest BCUT2D eigenvalue weighted by Crippen LogP contribution is -2.52. The van der Waals surface area contributed by atoms with E-state index in [1.807, 2.05) is 31.2 Å². The second-order valence-corrected chi connectivity index (χ2v) is 8.63. The number of halogens is 1. The standard InChI is InChI=1S/C20H25BClO3/c1-12-7-15-8-13(12)9-18(23)20(15,2)25-21-19(22)10-14-11-24-17-6-4-3-5-16(14)17/h3-6,11-13,15,18-19,23H,7-10H2,1-2H3/t12-,13-,15?,18+,19+,20-/m0/s1. The van der Waals surface area contributed by atoms with Crippen molar-refractivity contribution >= 4 is 30.1 Å². The van der Waals surface area contributed by atoms with Crippen molar-refractivity contribution in [2.75, 3.05) is 0 Å². The molecule has 4 rings (SSSR count). The van der Waals surface area contributed by atoms with Gasteiger partial charge >= 0.3 is 7.48 Å². The third-order valence-electron chi connectivity index (χ3n) is 6.49. The molecule has 2 aliphatic rings. The Kier molecular flexibility index (Phi) is 4.64. The molecule has 1 N–H and O–H groups in total. The smallest absolute Gasteiger partial charge is 0.312 e. The summed E-state index contributed by atoms with van der Waals surface area (Å²) in [6.07, 6.45) is 5.12. The quantitative estimate of drug-likeness (QED) is 0.637.